The number of hydrogen-bond acceptors (Lipinski definition) is 2. The zero-order valence-corrected chi connectivity index (χ0v) is 14.3. The van der Waals surface area contributed by atoms with Gasteiger partial charge in [0.05, 0.1) is 12.0 Å². The third kappa shape index (κ3) is 8.60. The van der Waals surface area contributed by atoms with Crippen molar-refractivity contribution < 1.29 is 9.53 Å². The predicted molar refractivity (Wildman–Crippen MR) is 86.9 cm³/mol. The van der Waals surface area contributed by atoms with Crippen molar-refractivity contribution in [3.63, 3.8) is 0 Å². The highest BCUT2D eigenvalue weighted by Gasteiger charge is 2.31. The molecule has 0 heterocycles. The molecule has 0 bridgehead atoms. The quantitative estimate of drug-likeness (QED) is 0.311. The Morgan fingerprint density at radius 1 is 0.850 bits per heavy atom. The van der Waals surface area contributed by atoms with Crippen LogP contribution in [0.2, 0.25) is 0 Å². The highest BCUT2D eigenvalue weighted by atomic mass is 16.5. The molecule has 0 radical (unpaired) electrons. The highest BCUT2D eigenvalue weighted by molar-refractivity contribution is 5.76. The van der Waals surface area contributed by atoms with Gasteiger partial charge in [-0.1, -0.05) is 72.1 Å². The van der Waals surface area contributed by atoms with Crippen LogP contribution in [-0.2, 0) is 9.53 Å². The van der Waals surface area contributed by atoms with Crippen LogP contribution < -0.4 is 0 Å². The summed E-state index contributed by atoms with van der Waals surface area (Å²) in [5.74, 6) is 0.0134. The van der Waals surface area contributed by atoms with Crippen molar-refractivity contribution in [2.45, 2.75) is 98.3 Å². The zero-order chi connectivity index (χ0) is 15.3. The Balaban J connectivity index is 3.69. The van der Waals surface area contributed by atoms with Crippen LogP contribution in [0.5, 0.6) is 0 Å². The van der Waals surface area contributed by atoms with Crippen LogP contribution in [0, 0.1) is 5.41 Å². The number of esters is 1. The molecule has 0 fully saturated rings. The lowest BCUT2D eigenvalue weighted by Gasteiger charge is -2.25. The molecular formula is C18H36O2. The number of rotatable bonds is 13. The van der Waals surface area contributed by atoms with Gasteiger partial charge in [-0.15, -0.1) is 0 Å². The first-order valence-corrected chi connectivity index (χ1v) is 8.78. The fraction of sp³-hybridized carbons (Fsp3) is 0.944. The second-order valence-corrected chi connectivity index (χ2v) is 6.28. The SMILES string of the molecule is CCCCCCCCCOC(=O)C(C)(CC)CCCC. The van der Waals surface area contributed by atoms with Crippen molar-refractivity contribution in [2.24, 2.45) is 5.41 Å². The van der Waals surface area contributed by atoms with Gasteiger partial charge in [-0.3, -0.25) is 4.79 Å². The van der Waals surface area contributed by atoms with Gasteiger partial charge in [-0.2, -0.15) is 0 Å². The maximum Gasteiger partial charge on any atom is 0.311 e. The van der Waals surface area contributed by atoms with Gasteiger partial charge in [0.2, 0.25) is 0 Å². The van der Waals surface area contributed by atoms with Crippen molar-refractivity contribution in [1.29, 1.82) is 0 Å². The van der Waals surface area contributed by atoms with Gasteiger partial charge in [-0.25, -0.2) is 0 Å². The molecule has 0 saturated carbocycles. The molecule has 0 aromatic carbocycles. The van der Waals surface area contributed by atoms with Gasteiger partial charge < -0.3 is 4.74 Å². The molecular weight excluding hydrogens is 248 g/mol. The molecule has 2 heteroatoms. The summed E-state index contributed by atoms with van der Waals surface area (Å²) >= 11 is 0. The normalized spacial score (nSPS) is 14.0. The maximum absolute atomic E-state index is 12.2. The van der Waals surface area contributed by atoms with Crippen LogP contribution in [-0.4, -0.2) is 12.6 Å². The molecule has 20 heavy (non-hydrogen) atoms. The van der Waals surface area contributed by atoms with Crippen LogP contribution in [0.4, 0.5) is 0 Å². The molecule has 0 aromatic rings. The average Bonchev–Trinajstić information content (AvgIpc) is 2.47. The first-order chi connectivity index (χ1) is 9.60. The third-order valence-corrected chi connectivity index (χ3v) is 4.34. The number of ether oxygens (including phenoxy) is 1. The lowest BCUT2D eigenvalue weighted by Crippen LogP contribution is -2.29. The highest BCUT2D eigenvalue weighted by Crippen LogP contribution is 2.29. The minimum Gasteiger partial charge on any atom is -0.465 e. The fourth-order valence-corrected chi connectivity index (χ4v) is 2.39. The van der Waals surface area contributed by atoms with E-state index in [1.807, 2.05) is 0 Å². The standard InChI is InChI=1S/C18H36O2/c1-5-8-10-11-12-13-14-16-20-17(19)18(4,7-3)15-9-6-2/h5-16H2,1-4H3. The molecule has 2 nitrogen and oxygen atoms in total. The van der Waals surface area contributed by atoms with E-state index >= 15 is 0 Å². The van der Waals surface area contributed by atoms with E-state index in [1.54, 1.807) is 0 Å². The van der Waals surface area contributed by atoms with Crippen LogP contribution >= 0.6 is 0 Å². The van der Waals surface area contributed by atoms with Gasteiger partial charge in [0.1, 0.15) is 0 Å². The molecule has 0 saturated heterocycles. The van der Waals surface area contributed by atoms with E-state index in [-0.39, 0.29) is 11.4 Å². The van der Waals surface area contributed by atoms with E-state index < -0.39 is 0 Å². The van der Waals surface area contributed by atoms with Gasteiger partial charge in [-0.05, 0) is 26.2 Å². The summed E-state index contributed by atoms with van der Waals surface area (Å²) in [4.78, 5) is 12.2. The Morgan fingerprint density at radius 2 is 1.40 bits per heavy atom. The Kier molecular flexibility index (Phi) is 11.9. The molecule has 0 aliphatic rings. The summed E-state index contributed by atoms with van der Waals surface area (Å²) in [5.41, 5.74) is -0.267. The third-order valence-electron chi connectivity index (χ3n) is 4.34. The first-order valence-electron chi connectivity index (χ1n) is 8.78. The van der Waals surface area contributed by atoms with Crippen molar-refractivity contribution in [2.75, 3.05) is 6.61 Å². The lowest BCUT2D eigenvalue weighted by molar-refractivity contribution is -0.155. The van der Waals surface area contributed by atoms with E-state index in [4.69, 9.17) is 4.74 Å². The Labute approximate surface area is 126 Å². The largest absolute Gasteiger partial charge is 0.465 e. The number of unbranched alkanes of at least 4 members (excludes halogenated alkanes) is 7. The minimum absolute atomic E-state index is 0.0134. The minimum atomic E-state index is -0.267. The molecule has 0 N–H and O–H groups in total. The molecule has 1 unspecified atom stereocenters. The molecule has 0 spiro atoms. The summed E-state index contributed by atoms with van der Waals surface area (Å²) in [5, 5.41) is 0. The number of hydrogen-bond donors (Lipinski definition) is 0. The molecule has 1 atom stereocenters. The topological polar surface area (TPSA) is 26.3 Å². The van der Waals surface area contributed by atoms with E-state index in [0.29, 0.717) is 6.61 Å². The molecule has 0 aliphatic carbocycles. The zero-order valence-electron chi connectivity index (χ0n) is 14.3. The van der Waals surface area contributed by atoms with Crippen LogP contribution in [0.3, 0.4) is 0 Å². The number of carbonyl (C=O) groups is 1. The molecule has 0 aromatic heterocycles. The molecule has 0 aliphatic heterocycles. The summed E-state index contributed by atoms with van der Waals surface area (Å²) in [7, 11) is 0. The molecule has 120 valence electrons. The van der Waals surface area contributed by atoms with Crippen molar-refractivity contribution in [1.82, 2.24) is 0 Å². The van der Waals surface area contributed by atoms with E-state index in [1.165, 1.54) is 38.5 Å². The van der Waals surface area contributed by atoms with Crippen LogP contribution in [0.15, 0.2) is 0 Å². The van der Waals surface area contributed by atoms with Crippen LogP contribution in [0.25, 0.3) is 0 Å². The Morgan fingerprint density at radius 3 is 1.95 bits per heavy atom. The van der Waals surface area contributed by atoms with E-state index in [0.717, 1.165) is 32.1 Å². The first kappa shape index (κ1) is 19.5. The molecule has 0 rings (SSSR count). The monoisotopic (exact) mass is 284 g/mol. The van der Waals surface area contributed by atoms with Gasteiger partial charge in [0, 0.05) is 0 Å². The second-order valence-electron chi connectivity index (χ2n) is 6.28. The van der Waals surface area contributed by atoms with Crippen molar-refractivity contribution in [3.8, 4) is 0 Å². The predicted octanol–water partition coefficient (Wildman–Crippen LogP) is 5.89. The summed E-state index contributed by atoms with van der Waals surface area (Å²) < 4.78 is 5.48. The second kappa shape index (κ2) is 12.2. The summed E-state index contributed by atoms with van der Waals surface area (Å²) in [6.07, 6.45) is 12.9. The lowest BCUT2D eigenvalue weighted by atomic mass is 9.82. The Hall–Kier alpha value is -0.530. The van der Waals surface area contributed by atoms with E-state index in [2.05, 4.69) is 27.7 Å². The van der Waals surface area contributed by atoms with Crippen LogP contribution in [0.1, 0.15) is 98.3 Å². The smallest absolute Gasteiger partial charge is 0.311 e. The average molecular weight is 284 g/mol. The number of carbonyl (C=O) groups excluding carboxylic acids is 1. The van der Waals surface area contributed by atoms with E-state index in [9.17, 15) is 4.79 Å². The molecule has 0 amide bonds. The maximum atomic E-state index is 12.2. The van der Waals surface area contributed by atoms with Gasteiger partial charge >= 0.3 is 5.97 Å². The van der Waals surface area contributed by atoms with Gasteiger partial charge in [0.25, 0.3) is 0 Å². The van der Waals surface area contributed by atoms with Crippen molar-refractivity contribution >= 4 is 5.97 Å². The van der Waals surface area contributed by atoms with Gasteiger partial charge in [0.15, 0.2) is 0 Å². The summed E-state index contributed by atoms with van der Waals surface area (Å²) in [6.45, 7) is 9.15. The van der Waals surface area contributed by atoms with Crippen molar-refractivity contribution in [3.05, 3.63) is 0 Å². The fourth-order valence-electron chi connectivity index (χ4n) is 2.39. The summed E-state index contributed by atoms with van der Waals surface area (Å²) in [6, 6.07) is 0. The Bertz CT molecular complexity index is 238.